The molecule has 0 spiro atoms. The van der Waals surface area contributed by atoms with Crippen molar-refractivity contribution < 1.29 is 4.79 Å². The third-order valence-electron chi connectivity index (χ3n) is 4.78. The van der Waals surface area contributed by atoms with E-state index in [1.54, 1.807) is 9.42 Å². The third-order valence-corrected chi connectivity index (χ3v) is 4.78. The summed E-state index contributed by atoms with van der Waals surface area (Å²) in [6.45, 7) is 4.28. The zero-order valence-electron chi connectivity index (χ0n) is 16.9. The number of carbonyl (C=O) groups is 1. The van der Waals surface area contributed by atoms with Gasteiger partial charge in [-0.25, -0.2) is 9.50 Å². The Kier molecular flexibility index (Phi) is 5.27. The molecule has 2 aromatic carbocycles. The first-order chi connectivity index (χ1) is 14.5. The van der Waals surface area contributed by atoms with E-state index in [1.165, 1.54) is 0 Å². The van der Waals surface area contributed by atoms with Crippen LogP contribution in [-0.2, 0) is 17.8 Å². The van der Waals surface area contributed by atoms with E-state index in [0.29, 0.717) is 18.1 Å². The Hall–Kier alpha value is -3.98. The standard InChI is InChI=1S/C24H21N5O/c1-4-19-11-8-12-21(14-19)28(16-20-9-6-5-7-10-20)23(30)15-22-26-24-25-17(2)13-18(3)29(24)27-22/h1,5-14H,15-16H2,2-3H3. The normalized spacial score (nSPS) is 10.7. The quantitative estimate of drug-likeness (QED) is 0.485. The van der Waals surface area contributed by atoms with Crippen molar-refractivity contribution >= 4 is 17.4 Å². The van der Waals surface area contributed by atoms with Crippen molar-refractivity contribution in [3.8, 4) is 12.3 Å². The number of aromatic nitrogens is 4. The van der Waals surface area contributed by atoms with Gasteiger partial charge < -0.3 is 4.90 Å². The summed E-state index contributed by atoms with van der Waals surface area (Å²) >= 11 is 0. The Bertz CT molecular complexity index is 1250. The summed E-state index contributed by atoms with van der Waals surface area (Å²) in [6.07, 6.45) is 5.62. The molecule has 0 atom stereocenters. The van der Waals surface area contributed by atoms with Crippen LogP contribution in [-0.4, -0.2) is 25.5 Å². The summed E-state index contributed by atoms with van der Waals surface area (Å²) in [4.78, 5) is 23.9. The number of rotatable bonds is 5. The maximum absolute atomic E-state index is 13.3. The van der Waals surface area contributed by atoms with E-state index in [0.717, 1.165) is 28.2 Å². The Morgan fingerprint density at radius 3 is 2.63 bits per heavy atom. The van der Waals surface area contributed by atoms with Gasteiger partial charge in [-0.2, -0.15) is 4.98 Å². The number of benzene rings is 2. The number of hydrogen-bond acceptors (Lipinski definition) is 4. The van der Waals surface area contributed by atoms with Gasteiger partial charge in [0.2, 0.25) is 5.91 Å². The predicted octanol–water partition coefficient (Wildman–Crippen LogP) is 3.50. The van der Waals surface area contributed by atoms with Gasteiger partial charge >= 0.3 is 0 Å². The molecule has 0 aliphatic rings. The number of anilines is 1. The summed E-state index contributed by atoms with van der Waals surface area (Å²) in [5, 5.41) is 4.47. The van der Waals surface area contributed by atoms with Crippen molar-refractivity contribution in [3.63, 3.8) is 0 Å². The molecule has 148 valence electrons. The Morgan fingerprint density at radius 2 is 1.87 bits per heavy atom. The number of hydrogen-bond donors (Lipinski definition) is 0. The molecule has 4 aromatic rings. The molecule has 30 heavy (non-hydrogen) atoms. The van der Waals surface area contributed by atoms with E-state index in [9.17, 15) is 4.79 Å². The molecule has 4 rings (SSSR count). The lowest BCUT2D eigenvalue weighted by Crippen LogP contribution is -2.32. The Morgan fingerprint density at radius 1 is 1.07 bits per heavy atom. The predicted molar refractivity (Wildman–Crippen MR) is 116 cm³/mol. The highest BCUT2D eigenvalue weighted by Crippen LogP contribution is 2.20. The minimum absolute atomic E-state index is 0.0644. The van der Waals surface area contributed by atoms with Crippen molar-refractivity contribution in [2.75, 3.05) is 4.90 Å². The number of nitrogens with zero attached hydrogens (tertiary/aromatic N) is 5. The molecule has 0 unspecified atom stereocenters. The molecule has 1 amide bonds. The largest absolute Gasteiger partial charge is 0.308 e. The second-order valence-corrected chi connectivity index (χ2v) is 7.12. The van der Waals surface area contributed by atoms with Crippen LogP contribution in [0.3, 0.4) is 0 Å². The van der Waals surface area contributed by atoms with Gasteiger partial charge in [0.1, 0.15) is 0 Å². The number of fused-ring (bicyclic) bond motifs is 1. The van der Waals surface area contributed by atoms with E-state index >= 15 is 0 Å². The fourth-order valence-corrected chi connectivity index (χ4v) is 3.37. The smallest absolute Gasteiger partial charge is 0.252 e. The lowest BCUT2D eigenvalue weighted by molar-refractivity contribution is -0.118. The van der Waals surface area contributed by atoms with Crippen molar-refractivity contribution in [1.29, 1.82) is 0 Å². The van der Waals surface area contributed by atoms with Crippen LogP contribution >= 0.6 is 0 Å². The molecule has 6 heteroatoms. The molecule has 0 bridgehead atoms. The topological polar surface area (TPSA) is 63.4 Å². The molecule has 2 aromatic heterocycles. The van der Waals surface area contributed by atoms with E-state index in [-0.39, 0.29) is 12.3 Å². The zero-order chi connectivity index (χ0) is 21.1. The van der Waals surface area contributed by atoms with Crippen LogP contribution in [0.1, 0.15) is 28.3 Å². The van der Waals surface area contributed by atoms with Crippen LogP contribution in [0.2, 0.25) is 0 Å². The minimum atomic E-state index is -0.113. The van der Waals surface area contributed by atoms with Crippen molar-refractivity contribution in [2.24, 2.45) is 0 Å². The number of terminal acetylenes is 1. The molecule has 0 fully saturated rings. The van der Waals surface area contributed by atoms with Gasteiger partial charge in [-0.15, -0.1) is 11.5 Å². The zero-order valence-corrected chi connectivity index (χ0v) is 16.9. The number of aryl methyl sites for hydroxylation is 2. The SMILES string of the molecule is C#Cc1cccc(N(Cc2ccccc2)C(=O)Cc2nc3nc(C)cc(C)n3n2)c1. The molecule has 0 aliphatic heterocycles. The Balaban J connectivity index is 1.66. The van der Waals surface area contributed by atoms with Crippen molar-refractivity contribution in [1.82, 2.24) is 19.6 Å². The minimum Gasteiger partial charge on any atom is -0.308 e. The molecule has 0 saturated heterocycles. The average Bonchev–Trinajstić information content (AvgIpc) is 3.15. The highest BCUT2D eigenvalue weighted by Gasteiger charge is 2.20. The fourth-order valence-electron chi connectivity index (χ4n) is 3.37. The first-order valence-electron chi connectivity index (χ1n) is 9.64. The lowest BCUT2D eigenvalue weighted by Gasteiger charge is -2.23. The molecular formula is C24H21N5O. The number of amides is 1. The summed E-state index contributed by atoms with van der Waals surface area (Å²) in [5.74, 6) is 3.45. The fraction of sp³-hybridized carbons (Fsp3) is 0.167. The summed E-state index contributed by atoms with van der Waals surface area (Å²) in [5.41, 5.74) is 4.27. The van der Waals surface area contributed by atoms with Crippen LogP contribution < -0.4 is 4.90 Å². The van der Waals surface area contributed by atoms with E-state index in [4.69, 9.17) is 6.42 Å². The molecule has 6 nitrogen and oxygen atoms in total. The van der Waals surface area contributed by atoms with Crippen LogP contribution in [0.4, 0.5) is 5.69 Å². The van der Waals surface area contributed by atoms with Crippen LogP contribution in [0.25, 0.3) is 5.78 Å². The Labute approximate surface area is 175 Å². The average molecular weight is 395 g/mol. The first kappa shape index (κ1) is 19.3. The third kappa shape index (κ3) is 4.06. The van der Waals surface area contributed by atoms with Crippen molar-refractivity contribution in [3.05, 3.63) is 89.0 Å². The second kappa shape index (κ2) is 8.18. The second-order valence-electron chi connectivity index (χ2n) is 7.12. The lowest BCUT2D eigenvalue weighted by atomic mass is 10.1. The number of carbonyl (C=O) groups excluding carboxylic acids is 1. The van der Waals surface area contributed by atoms with Gasteiger partial charge in [-0.05, 0) is 43.7 Å². The highest BCUT2D eigenvalue weighted by molar-refractivity contribution is 5.94. The van der Waals surface area contributed by atoms with Crippen LogP contribution in [0.15, 0.2) is 60.7 Å². The van der Waals surface area contributed by atoms with Gasteiger partial charge in [-0.3, -0.25) is 4.79 Å². The van der Waals surface area contributed by atoms with Crippen molar-refractivity contribution in [2.45, 2.75) is 26.8 Å². The monoisotopic (exact) mass is 395 g/mol. The van der Waals surface area contributed by atoms with Gasteiger partial charge in [0.25, 0.3) is 5.78 Å². The van der Waals surface area contributed by atoms with E-state index in [1.807, 2.05) is 74.5 Å². The van der Waals surface area contributed by atoms with Gasteiger partial charge in [0.15, 0.2) is 5.82 Å². The molecular weight excluding hydrogens is 374 g/mol. The molecule has 0 saturated carbocycles. The van der Waals surface area contributed by atoms with E-state index in [2.05, 4.69) is 21.0 Å². The summed E-state index contributed by atoms with van der Waals surface area (Å²) in [6, 6.07) is 19.2. The maximum Gasteiger partial charge on any atom is 0.252 e. The van der Waals surface area contributed by atoms with Crippen LogP contribution in [0.5, 0.6) is 0 Å². The van der Waals surface area contributed by atoms with Gasteiger partial charge in [-0.1, -0.05) is 42.3 Å². The summed E-state index contributed by atoms with van der Waals surface area (Å²) in [7, 11) is 0. The molecule has 0 radical (unpaired) electrons. The summed E-state index contributed by atoms with van der Waals surface area (Å²) < 4.78 is 1.66. The van der Waals surface area contributed by atoms with Gasteiger partial charge in [0.05, 0.1) is 13.0 Å². The van der Waals surface area contributed by atoms with Crippen LogP contribution in [0, 0.1) is 26.2 Å². The molecule has 2 heterocycles. The van der Waals surface area contributed by atoms with E-state index < -0.39 is 0 Å². The highest BCUT2D eigenvalue weighted by atomic mass is 16.2. The molecule has 0 N–H and O–H groups in total. The molecule has 0 aliphatic carbocycles. The first-order valence-corrected chi connectivity index (χ1v) is 9.64. The van der Waals surface area contributed by atoms with Gasteiger partial charge in [0, 0.05) is 22.6 Å². The maximum atomic E-state index is 13.3.